The topological polar surface area (TPSA) is 54.9 Å². The monoisotopic (exact) mass is 379 g/mol. The van der Waals surface area contributed by atoms with Crippen LogP contribution in [0.25, 0.3) is 0 Å². The number of thiocarbonyl (C=S) groups is 1. The summed E-state index contributed by atoms with van der Waals surface area (Å²) >= 11 is 5.22. The lowest BCUT2D eigenvalue weighted by Crippen LogP contribution is -2.25. The van der Waals surface area contributed by atoms with Gasteiger partial charge in [-0.15, -0.1) is 0 Å². The van der Waals surface area contributed by atoms with E-state index in [4.69, 9.17) is 17.0 Å². The Kier molecular flexibility index (Phi) is 7.28. The van der Waals surface area contributed by atoms with E-state index in [1.165, 1.54) is 12.1 Å². The van der Waals surface area contributed by atoms with Gasteiger partial charge in [-0.2, -0.15) is 13.9 Å². The van der Waals surface area contributed by atoms with E-state index in [9.17, 15) is 8.78 Å². The normalized spacial score (nSPS) is 11.2. The first-order chi connectivity index (χ1) is 12.5. The zero-order valence-electron chi connectivity index (χ0n) is 14.3. The summed E-state index contributed by atoms with van der Waals surface area (Å²) in [5.74, 6) is 0.851. The van der Waals surface area contributed by atoms with Crippen molar-refractivity contribution in [3.63, 3.8) is 0 Å². The first kappa shape index (κ1) is 19.6. The standard InChI is InChI=1S/C18H19F2N3O2S/c1-3-16(12-4-8-15(9-5-12)25-17(19)20)22-23-18(26)21-13-6-10-14(24-2)11-7-13/h4-11,17H,3H2,1-2H3,(H2,21,23,26)/b22-16-. The molecule has 2 aromatic rings. The fraction of sp³-hybridized carbons (Fsp3) is 0.222. The van der Waals surface area contributed by atoms with Gasteiger partial charge in [0.1, 0.15) is 11.5 Å². The first-order valence-corrected chi connectivity index (χ1v) is 8.25. The van der Waals surface area contributed by atoms with Crippen molar-refractivity contribution in [3.8, 4) is 11.5 Å². The molecule has 2 aromatic carbocycles. The van der Waals surface area contributed by atoms with Gasteiger partial charge in [0.15, 0.2) is 5.11 Å². The predicted molar refractivity (Wildman–Crippen MR) is 102 cm³/mol. The Morgan fingerprint density at radius 3 is 2.23 bits per heavy atom. The zero-order valence-corrected chi connectivity index (χ0v) is 15.1. The van der Waals surface area contributed by atoms with Crippen LogP contribution in [0.2, 0.25) is 0 Å². The van der Waals surface area contributed by atoms with Crippen molar-refractivity contribution >= 4 is 28.7 Å². The Bertz CT molecular complexity index is 750. The lowest BCUT2D eigenvalue weighted by molar-refractivity contribution is -0.0498. The maximum atomic E-state index is 12.2. The molecule has 2 rings (SSSR count). The molecule has 0 aliphatic rings. The third-order valence-corrected chi connectivity index (χ3v) is 3.58. The van der Waals surface area contributed by atoms with Crippen LogP contribution in [0.3, 0.4) is 0 Å². The molecule has 0 saturated heterocycles. The summed E-state index contributed by atoms with van der Waals surface area (Å²) in [6, 6.07) is 13.6. The molecular weight excluding hydrogens is 360 g/mol. The molecule has 0 bridgehead atoms. The third-order valence-electron chi connectivity index (χ3n) is 3.39. The van der Waals surface area contributed by atoms with Gasteiger partial charge in [0, 0.05) is 5.69 Å². The van der Waals surface area contributed by atoms with Gasteiger partial charge >= 0.3 is 6.61 Å². The number of benzene rings is 2. The number of nitrogens with zero attached hydrogens (tertiary/aromatic N) is 1. The van der Waals surface area contributed by atoms with Crippen molar-refractivity contribution in [3.05, 3.63) is 54.1 Å². The van der Waals surface area contributed by atoms with Gasteiger partial charge in [0.2, 0.25) is 0 Å². The van der Waals surface area contributed by atoms with Crippen LogP contribution in [-0.2, 0) is 0 Å². The Morgan fingerprint density at radius 1 is 1.08 bits per heavy atom. The summed E-state index contributed by atoms with van der Waals surface area (Å²) in [5, 5.41) is 7.62. The molecule has 0 aromatic heterocycles. The number of rotatable bonds is 7. The number of halogens is 2. The minimum absolute atomic E-state index is 0.101. The van der Waals surface area contributed by atoms with E-state index in [1.807, 2.05) is 31.2 Å². The molecule has 26 heavy (non-hydrogen) atoms. The second-order valence-electron chi connectivity index (χ2n) is 5.11. The number of alkyl halides is 2. The number of anilines is 1. The summed E-state index contributed by atoms with van der Waals surface area (Å²) in [6.07, 6.45) is 0.632. The number of hydrogen-bond donors (Lipinski definition) is 2. The largest absolute Gasteiger partial charge is 0.497 e. The van der Waals surface area contributed by atoms with E-state index in [1.54, 1.807) is 19.2 Å². The van der Waals surface area contributed by atoms with Crippen LogP contribution in [0.1, 0.15) is 18.9 Å². The van der Waals surface area contributed by atoms with Crippen LogP contribution in [0, 0.1) is 0 Å². The number of ether oxygens (including phenoxy) is 2. The molecule has 0 unspecified atom stereocenters. The molecule has 0 aliphatic carbocycles. The molecule has 138 valence electrons. The summed E-state index contributed by atoms with van der Waals surface area (Å²) in [5.41, 5.74) is 5.09. The third kappa shape index (κ3) is 5.96. The van der Waals surface area contributed by atoms with E-state index in [0.717, 1.165) is 22.7 Å². The van der Waals surface area contributed by atoms with Crippen molar-refractivity contribution < 1.29 is 18.3 Å². The predicted octanol–water partition coefficient (Wildman–Crippen LogP) is 4.40. The van der Waals surface area contributed by atoms with Gasteiger partial charge < -0.3 is 14.8 Å². The number of nitrogens with one attached hydrogen (secondary N) is 2. The molecule has 0 radical (unpaired) electrons. The van der Waals surface area contributed by atoms with Crippen LogP contribution in [0.4, 0.5) is 14.5 Å². The molecule has 0 spiro atoms. The Morgan fingerprint density at radius 2 is 1.69 bits per heavy atom. The maximum absolute atomic E-state index is 12.2. The van der Waals surface area contributed by atoms with Gasteiger partial charge in [-0.3, -0.25) is 5.43 Å². The summed E-state index contributed by atoms with van der Waals surface area (Å²) < 4.78 is 33.8. The van der Waals surface area contributed by atoms with Crippen LogP contribution in [0.15, 0.2) is 53.6 Å². The van der Waals surface area contributed by atoms with Gasteiger partial charge in [-0.25, -0.2) is 0 Å². The summed E-state index contributed by atoms with van der Waals surface area (Å²) in [6.45, 7) is -0.910. The van der Waals surface area contributed by atoms with Crippen LogP contribution in [-0.4, -0.2) is 24.5 Å². The van der Waals surface area contributed by atoms with Crippen LogP contribution in [0.5, 0.6) is 11.5 Å². The smallest absolute Gasteiger partial charge is 0.387 e. The van der Waals surface area contributed by atoms with Gasteiger partial charge in [-0.05, 0) is 72.7 Å². The second-order valence-corrected chi connectivity index (χ2v) is 5.52. The molecule has 0 aliphatic heterocycles. The Labute approximate surface area is 156 Å². The van der Waals surface area contributed by atoms with Gasteiger partial charge in [-0.1, -0.05) is 6.92 Å². The fourth-order valence-corrected chi connectivity index (χ4v) is 2.29. The minimum Gasteiger partial charge on any atom is -0.497 e. The highest BCUT2D eigenvalue weighted by molar-refractivity contribution is 7.80. The molecule has 0 amide bonds. The Balaban J connectivity index is 1.97. The molecule has 2 N–H and O–H groups in total. The average molecular weight is 379 g/mol. The van der Waals surface area contributed by atoms with Crippen molar-refractivity contribution in [1.82, 2.24) is 5.43 Å². The molecular formula is C18H19F2N3O2S. The van der Waals surface area contributed by atoms with Crippen molar-refractivity contribution in [1.29, 1.82) is 0 Å². The number of hydrogen-bond acceptors (Lipinski definition) is 4. The minimum atomic E-state index is -2.84. The maximum Gasteiger partial charge on any atom is 0.387 e. The average Bonchev–Trinajstić information content (AvgIpc) is 2.63. The highest BCUT2D eigenvalue weighted by atomic mass is 32.1. The lowest BCUT2D eigenvalue weighted by atomic mass is 10.1. The number of methoxy groups -OCH3 is 1. The van der Waals surface area contributed by atoms with Crippen LogP contribution >= 0.6 is 12.2 Å². The molecule has 0 fully saturated rings. The molecule has 0 heterocycles. The fourth-order valence-electron chi connectivity index (χ4n) is 2.13. The van der Waals surface area contributed by atoms with Crippen LogP contribution < -0.4 is 20.2 Å². The second kappa shape index (κ2) is 9.67. The van der Waals surface area contributed by atoms with Crippen molar-refractivity contribution in [2.24, 2.45) is 5.10 Å². The van der Waals surface area contributed by atoms with E-state index < -0.39 is 6.61 Å². The van der Waals surface area contributed by atoms with Gasteiger partial charge in [0.05, 0.1) is 12.8 Å². The van der Waals surface area contributed by atoms with E-state index in [0.29, 0.717) is 11.5 Å². The molecule has 8 heteroatoms. The first-order valence-electron chi connectivity index (χ1n) is 7.84. The van der Waals surface area contributed by atoms with E-state index in [-0.39, 0.29) is 5.75 Å². The molecule has 0 saturated carbocycles. The van der Waals surface area contributed by atoms with E-state index >= 15 is 0 Å². The molecule has 0 atom stereocenters. The SMILES string of the molecule is CC/C(=N/NC(=S)Nc1ccc(OC)cc1)c1ccc(OC(F)F)cc1. The van der Waals surface area contributed by atoms with Crippen molar-refractivity contribution in [2.75, 3.05) is 12.4 Å². The van der Waals surface area contributed by atoms with E-state index in [2.05, 4.69) is 20.6 Å². The summed E-state index contributed by atoms with van der Waals surface area (Å²) in [4.78, 5) is 0. The lowest BCUT2D eigenvalue weighted by Gasteiger charge is -2.10. The highest BCUT2D eigenvalue weighted by Crippen LogP contribution is 2.17. The summed E-state index contributed by atoms with van der Waals surface area (Å²) in [7, 11) is 1.60. The molecule has 5 nitrogen and oxygen atoms in total. The Hall–Kier alpha value is -2.74. The quantitative estimate of drug-likeness (QED) is 0.424. The zero-order chi connectivity index (χ0) is 18.9. The highest BCUT2D eigenvalue weighted by Gasteiger charge is 2.06. The van der Waals surface area contributed by atoms with Gasteiger partial charge in [0.25, 0.3) is 0 Å². The number of hydrazone groups is 1. The van der Waals surface area contributed by atoms with Crippen molar-refractivity contribution in [2.45, 2.75) is 20.0 Å².